The van der Waals surface area contributed by atoms with Crippen molar-refractivity contribution in [1.29, 1.82) is 0 Å². The van der Waals surface area contributed by atoms with Crippen molar-refractivity contribution in [2.75, 3.05) is 0 Å². The highest BCUT2D eigenvalue weighted by atomic mass is 35.5. The fourth-order valence-electron chi connectivity index (χ4n) is 1.80. The molecule has 1 aromatic rings. The summed E-state index contributed by atoms with van der Waals surface area (Å²) in [7, 11) is 0. The minimum atomic E-state index is -0.862. The molecule has 1 amide bonds. The monoisotopic (exact) mass is 286 g/mol. The second kappa shape index (κ2) is 7.19. The fraction of sp³-hybridized carbons (Fsp3) is 0.538. The first-order chi connectivity index (χ1) is 8.93. The first-order valence-electron chi connectivity index (χ1n) is 6.32. The van der Waals surface area contributed by atoms with Gasteiger partial charge in [0.05, 0.1) is 5.02 Å². The molecule has 2 N–H and O–H groups in total. The molecule has 1 heterocycles. The van der Waals surface area contributed by atoms with Crippen LogP contribution < -0.4 is 5.32 Å². The highest BCUT2D eigenvalue weighted by Crippen LogP contribution is 2.15. The van der Waals surface area contributed by atoms with E-state index in [0.29, 0.717) is 17.1 Å². The first-order valence-corrected chi connectivity index (χ1v) is 6.70. The van der Waals surface area contributed by atoms with E-state index in [1.54, 1.807) is 19.2 Å². The summed E-state index contributed by atoms with van der Waals surface area (Å²) >= 11 is 5.91. The summed E-state index contributed by atoms with van der Waals surface area (Å²) in [6.07, 6.45) is 3.07. The predicted molar refractivity (Wildman–Crippen MR) is 73.5 cm³/mol. The maximum atomic E-state index is 12.1. The molecule has 0 fully saturated rings. The summed E-state index contributed by atoms with van der Waals surface area (Å²) in [4.78, 5) is 22.5. The van der Waals surface area contributed by atoms with E-state index in [4.69, 9.17) is 16.7 Å². The van der Waals surface area contributed by atoms with Crippen molar-refractivity contribution < 1.29 is 14.7 Å². The van der Waals surface area contributed by atoms with Gasteiger partial charge >= 0.3 is 5.97 Å². The average Bonchev–Trinajstić information content (AvgIpc) is 2.68. The number of aliphatic carboxylic acids is 1. The van der Waals surface area contributed by atoms with Crippen molar-refractivity contribution in [1.82, 2.24) is 9.88 Å². The van der Waals surface area contributed by atoms with E-state index in [-0.39, 0.29) is 18.4 Å². The molecule has 0 bridgehead atoms. The summed E-state index contributed by atoms with van der Waals surface area (Å²) in [5.74, 6) is -1.09. The van der Waals surface area contributed by atoms with Crippen LogP contribution >= 0.6 is 11.6 Å². The second-order valence-corrected chi connectivity index (χ2v) is 4.98. The maximum Gasteiger partial charge on any atom is 0.303 e. The molecule has 5 nitrogen and oxygen atoms in total. The molecule has 1 atom stereocenters. The standard InChI is InChI=1S/C13H19ClN2O3/c1-3-6-16-8-10(14)7-11(16)13(19)15-9(2)4-5-12(17)18/h7-9H,3-6H2,1-2H3,(H,15,19)(H,17,18). The number of nitrogens with one attached hydrogen (secondary N) is 1. The van der Waals surface area contributed by atoms with Gasteiger partial charge in [-0.25, -0.2) is 0 Å². The minimum absolute atomic E-state index is 0.0399. The number of rotatable bonds is 7. The number of aryl methyl sites for hydroxylation is 1. The lowest BCUT2D eigenvalue weighted by atomic mass is 10.2. The lowest BCUT2D eigenvalue weighted by Crippen LogP contribution is -2.34. The Hall–Kier alpha value is -1.49. The summed E-state index contributed by atoms with van der Waals surface area (Å²) < 4.78 is 1.81. The van der Waals surface area contributed by atoms with Gasteiger partial charge in [-0.2, -0.15) is 0 Å². The molecule has 0 aliphatic carbocycles. The van der Waals surface area contributed by atoms with Crippen molar-refractivity contribution in [3.05, 3.63) is 23.0 Å². The zero-order valence-corrected chi connectivity index (χ0v) is 11.9. The van der Waals surface area contributed by atoms with Gasteiger partial charge in [0, 0.05) is 25.2 Å². The number of carbonyl (C=O) groups is 2. The van der Waals surface area contributed by atoms with Crippen LogP contribution in [0.25, 0.3) is 0 Å². The molecule has 0 radical (unpaired) electrons. The van der Waals surface area contributed by atoms with E-state index in [1.807, 2.05) is 11.5 Å². The van der Waals surface area contributed by atoms with Gasteiger partial charge in [0.15, 0.2) is 0 Å². The molecule has 0 spiro atoms. The van der Waals surface area contributed by atoms with Crippen molar-refractivity contribution in [3.63, 3.8) is 0 Å². The van der Waals surface area contributed by atoms with E-state index < -0.39 is 5.97 Å². The molecule has 0 aliphatic heterocycles. The van der Waals surface area contributed by atoms with Crippen LogP contribution in [0.5, 0.6) is 0 Å². The summed E-state index contributed by atoms with van der Waals surface area (Å²) in [6, 6.07) is 1.43. The molecule has 106 valence electrons. The van der Waals surface area contributed by atoms with Gasteiger partial charge in [0.25, 0.3) is 5.91 Å². The van der Waals surface area contributed by atoms with Crippen LogP contribution in [0, 0.1) is 0 Å². The van der Waals surface area contributed by atoms with E-state index in [0.717, 1.165) is 13.0 Å². The third-order valence-electron chi connectivity index (χ3n) is 2.73. The SMILES string of the molecule is CCCn1cc(Cl)cc1C(=O)NC(C)CCC(=O)O. The smallest absolute Gasteiger partial charge is 0.303 e. The van der Waals surface area contributed by atoms with Crippen LogP contribution in [-0.2, 0) is 11.3 Å². The Morgan fingerprint density at radius 1 is 1.53 bits per heavy atom. The van der Waals surface area contributed by atoms with Gasteiger partial charge in [0.2, 0.25) is 0 Å². The molecule has 0 aliphatic rings. The number of carbonyl (C=O) groups excluding carboxylic acids is 1. The van der Waals surface area contributed by atoms with Crippen molar-refractivity contribution in [2.45, 2.75) is 45.7 Å². The zero-order valence-electron chi connectivity index (χ0n) is 11.1. The second-order valence-electron chi connectivity index (χ2n) is 4.54. The van der Waals surface area contributed by atoms with E-state index >= 15 is 0 Å². The topological polar surface area (TPSA) is 71.3 Å². The van der Waals surface area contributed by atoms with Gasteiger partial charge in [-0.3, -0.25) is 9.59 Å². The zero-order chi connectivity index (χ0) is 14.4. The number of hydrogen-bond acceptors (Lipinski definition) is 2. The lowest BCUT2D eigenvalue weighted by molar-refractivity contribution is -0.137. The molecular formula is C13H19ClN2O3. The number of carboxylic acids is 1. The van der Waals surface area contributed by atoms with Crippen LogP contribution in [0.15, 0.2) is 12.3 Å². The molecule has 0 aromatic carbocycles. The molecule has 0 saturated heterocycles. The fourth-order valence-corrected chi connectivity index (χ4v) is 2.02. The molecular weight excluding hydrogens is 268 g/mol. The molecule has 6 heteroatoms. The molecule has 0 saturated carbocycles. The number of carboxylic acid groups (broad SMARTS) is 1. The summed E-state index contributed by atoms with van der Waals surface area (Å²) in [5, 5.41) is 11.9. The van der Waals surface area contributed by atoms with Gasteiger partial charge in [-0.15, -0.1) is 0 Å². The van der Waals surface area contributed by atoms with Gasteiger partial charge in [0.1, 0.15) is 5.69 Å². The van der Waals surface area contributed by atoms with E-state index in [1.165, 1.54) is 0 Å². The van der Waals surface area contributed by atoms with E-state index in [2.05, 4.69) is 5.32 Å². The van der Waals surface area contributed by atoms with Crippen LogP contribution in [0.1, 0.15) is 43.6 Å². The largest absolute Gasteiger partial charge is 0.481 e. The number of nitrogens with zero attached hydrogens (tertiary/aromatic N) is 1. The Labute approximate surface area is 117 Å². The summed E-state index contributed by atoms with van der Waals surface area (Å²) in [6.45, 7) is 4.53. The number of aromatic nitrogens is 1. The Kier molecular flexibility index (Phi) is 5.89. The van der Waals surface area contributed by atoms with Gasteiger partial charge in [-0.1, -0.05) is 18.5 Å². The molecule has 19 heavy (non-hydrogen) atoms. The Morgan fingerprint density at radius 2 is 2.21 bits per heavy atom. The quantitative estimate of drug-likeness (QED) is 0.809. The summed E-state index contributed by atoms with van der Waals surface area (Å²) in [5.41, 5.74) is 0.508. The first kappa shape index (κ1) is 15.6. The van der Waals surface area contributed by atoms with Crippen molar-refractivity contribution in [2.24, 2.45) is 0 Å². The molecule has 1 unspecified atom stereocenters. The average molecular weight is 287 g/mol. The van der Waals surface area contributed by atoms with E-state index in [9.17, 15) is 9.59 Å². The van der Waals surface area contributed by atoms with Crippen molar-refractivity contribution >= 4 is 23.5 Å². The van der Waals surface area contributed by atoms with Crippen LogP contribution in [-0.4, -0.2) is 27.6 Å². The lowest BCUT2D eigenvalue weighted by Gasteiger charge is -2.14. The predicted octanol–water partition coefficient (Wildman–Crippen LogP) is 2.53. The normalized spacial score (nSPS) is 12.2. The number of halogens is 1. The third kappa shape index (κ3) is 4.95. The van der Waals surface area contributed by atoms with Gasteiger partial charge in [-0.05, 0) is 25.8 Å². The van der Waals surface area contributed by atoms with Crippen LogP contribution in [0.3, 0.4) is 0 Å². The highest BCUT2D eigenvalue weighted by Gasteiger charge is 2.15. The maximum absolute atomic E-state index is 12.1. The molecule has 1 aromatic heterocycles. The third-order valence-corrected chi connectivity index (χ3v) is 2.94. The number of amides is 1. The minimum Gasteiger partial charge on any atom is -0.481 e. The van der Waals surface area contributed by atoms with Crippen LogP contribution in [0.2, 0.25) is 5.02 Å². The Bertz CT molecular complexity index is 457. The Balaban J connectivity index is 2.64. The van der Waals surface area contributed by atoms with Gasteiger partial charge < -0.3 is 15.0 Å². The van der Waals surface area contributed by atoms with Crippen molar-refractivity contribution in [3.8, 4) is 0 Å². The highest BCUT2D eigenvalue weighted by molar-refractivity contribution is 6.31. The number of hydrogen-bond donors (Lipinski definition) is 2. The van der Waals surface area contributed by atoms with Crippen LogP contribution in [0.4, 0.5) is 0 Å². The Morgan fingerprint density at radius 3 is 2.79 bits per heavy atom. The molecule has 1 rings (SSSR count).